The molecule has 17 heteroatoms. The molecule has 4 heterocycles. The van der Waals surface area contributed by atoms with Crippen molar-refractivity contribution in [2.45, 2.75) is 63.4 Å². The van der Waals surface area contributed by atoms with Crippen molar-refractivity contribution in [1.29, 1.82) is 0 Å². The van der Waals surface area contributed by atoms with E-state index in [2.05, 4.69) is 16.7 Å². The Morgan fingerprint density at radius 2 is 1.34 bits per heavy atom. The van der Waals surface area contributed by atoms with Gasteiger partial charge in [-0.25, -0.2) is 0 Å². The highest BCUT2D eigenvalue weighted by atomic mass is 32.2. The highest BCUT2D eigenvalue weighted by Gasteiger charge is 2.46. The maximum absolute atomic E-state index is 14.1. The summed E-state index contributed by atoms with van der Waals surface area (Å²) in [5.74, 6) is 1.00. The van der Waals surface area contributed by atoms with Crippen LogP contribution in [0.15, 0.2) is 47.6 Å². The van der Waals surface area contributed by atoms with Gasteiger partial charge in [0.15, 0.2) is 28.4 Å². The van der Waals surface area contributed by atoms with Crippen molar-refractivity contribution in [2.24, 2.45) is 0 Å². The highest BCUT2D eigenvalue weighted by Crippen LogP contribution is 2.48. The Morgan fingerprint density at radius 3 is 1.91 bits per heavy atom. The first-order valence-corrected chi connectivity index (χ1v) is 22.8. The number of methoxy groups -OCH3 is 2. The van der Waals surface area contributed by atoms with Gasteiger partial charge in [0, 0.05) is 56.9 Å². The van der Waals surface area contributed by atoms with E-state index < -0.39 is 34.6 Å². The highest BCUT2D eigenvalue weighted by molar-refractivity contribution is 7.86. The molecule has 306 valence electrons. The minimum Gasteiger partial charge on any atom is -0.493 e. The largest absolute Gasteiger partial charge is 0.493 e. The summed E-state index contributed by atoms with van der Waals surface area (Å²) in [7, 11) is -4.40. The zero-order valence-corrected chi connectivity index (χ0v) is 34.1. The minimum absolute atomic E-state index is 0.0489. The number of carbonyl (C=O) groups is 2. The van der Waals surface area contributed by atoms with Gasteiger partial charge in [0.25, 0.3) is 21.9 Å². The van der Waals surface area contributed by atoms with E-state index in [1.807, 2.05) is 24.8 Å². The zero-order valence-electron chi connectivity index (χ0n) is 32.4. The van der Waals surface area contributed by atoms with Gasteiger partial charge in [-0.1, -0.05) is 23.3 Å². The van der Waals surface area contributed by atoms with E-state index in [-0.39, 0.29) is 61.1 Å². The maximum atomic E-state index is 14.1. The van der Waals surface area contributed by atoms with Crippen LogP contribution in [0, 0.1) is 0 Å². The molecule has 0 aliphatic carbocycles. The molecule has 2 amide bonds. The van der Waals surface area contributed by atoms with E-state index in [1.165, 1.54) is 36.8 Å². The van der Waals surface area contributed by atoms with E-state index in [1.54, 1.807) is 12.1 Å². The lowest BCUT2D eigenvalue weighted by molar-refractivity contribution is 0.0740. The van der Waals surface area contributed by atoms with Crippen LogP contribution in [0.4, 0.5) is 11.4 Å². The minimum atomic E-state index is -4.60. The second-order valence-electron chi connectivity index (χ2n) is 14.7. The number of nitrogens with one attached hydrogen (secondary N) is 2. The molecule has 4 N–H and O–H groups in total. The zero-order chi connectivity index (χ0) is 40.2. The molecule has 2 fully saturated rings. The van der Waals surface area contributed by atoms with Gasteiger partial charge in [0.1, 0.15) is 0 Å². The molecule has 2 aromatic rings. The van der Waals surface area contributed by atoms with Crippen LogP contribution in [0.25, 0.3) is 0 Å². The molecule has 0 radical (unpaired) electrons. The predicted octanol–water partition coefficient (Wildman–Crippen LogP) is 5.07. The van der Waals surface area contributed by atoms with Crippen LogP contribution in [-0.4, -0.2) is 129 Å². The Morgan fingerprint density at radius 1 is 0.804 bits per heavy atom. The van der Waals surface area contributed by atoms with Gasteiger partial charge in [-0.3, -0.25) is 14.1 Å². The van der Waals surface area contributed by atoms with Crippen molar-refractivity contribution >= 4 is 40.4 Å². The number of benzene rings is 2. The summed E-state index contributed by atoms with van der Waals surface area (Å²) >= 11 is 0. The topological polar surface area (TPSA) is 193 Å². The van der Waals surface area contributed by atoms with Crippen LogP contribution in [0.5, 0.6) is 23.0 Å². The summed E-state index contributed by atoms with van der Waals surface area (Å²) < 4.78 is 72.6. The Hall–Kier alpha value is -4.24. The number of aliphatic hydroxyl groups is 1. The van der Waals surface area contributed by atoms with Crippen LogP contribution in [0.2, 0.25) is 0 Å². The quantitative estimate of drug-likeness (QED) is 0.0760. The number of hydrogen-bond acceptors (Lipinski definition) is 12. The van der Waals surface area contributed by atoms with Crippen molar-refractivity contribution < 1.29 is 51.2 Å². The smallest absolute Gasteiger partial charge is 0.288 e. The van der Waals surface area contributed by atoms with Crippen LogP contribution in [0.3, 0.4) is 0 Å². The van der Waals surface area contributed by atoms with Gasteiger partial charge < -0.3 is 49.1 Å². The second kappa shape index (κ2) is 17.5. The molecule has 0 aromatic heterocycles. The van der Waals surface area contributed by atoms with Crippen LogP contribution in [-0.2, 0) is 14.7 Å². The Kier molecular flexibility index (Phi) is 12.9. The standard InChI is InChI=1S/C39H53N4O11PS/c1-5-25-16-27-22-40-30-20-35(33(51-3)18-28(30)38(45)42(27)23-25)53-11-8-14-55(47,13-7-10-44)15-9-12-54-36-21-31-29(19-34(36)52-4)39(46)43-24-26(6-2)17-32(43)37(41-31)56(48,49)50/h5-6,18-21,27,32,37,40-41,44H,7-17,22-24H2,1-4H3,(H,48,49,50)/b25-5+,26-6+/t27-,32-,37?,55?/m0/s1. The Bertz CT molecular complexity index is 2040. The third kappa shape index (κ3) is 8.83. The fourth-order valence-corrected chi connectivity index (χ4v) is 11.8. The first-order chi connectivity index (χ1) is 26.8. The van der Waals surface area contributed by atoms with E-state index >= 15 is 0 Å². The summed E-state index contributed by atoms with van der Waals surface area (Å²) in [5.41, 5.74) is 3.73. The summed E-state index contributed by atoms with van der Waals surface area (Å²) in [5, 5.41) is 14.4. The van der Waals surface area contributed by atoms with Crippen molar-refractivity contribution in [1.82, 2.24) is 9.80 Å². The Balaban J connectivity index is 1.07. The molecular weight excluding hydrogens is 763 g/mol. The van der Waals surface area contributed by atoms with Crippen molar-refractivity contribution in [2.75, 3.05) is 82.8 Å². The van der Waals surface area contributed by atoms with Gasteiger partial charge in [0.2, 0.25) is 0 Å². The van der Waals surface area contributed by atoms with Crippen molar-refractivity contribution in [3.05, 3.63) is 58.7 Å². The number of allylic oxidation sites excluding steroid dienone is 2. The molecule has 56 heavy (non-hydrogen) atoms. The molecule has 0 bridgehead atoms. The normalized spacial score (nSPS) is 22.9. The van der Waals surface area contributed by atoms with E-state index in [9.17, 15) is 32.2 Å². The number of anilines is 2. The van der Waals surface area contributed by atoms with Crippen molar-refractivity contribution in [3.8, 4) is 23.0 Å². The number of nitrogens with zero attached hydrogens (tertiary/aromatic N) is 2. The molecule has 4 atom stereocenters. The predicted molar refractivity (Wildman–Crippen MR) is 214 cm³/mol. The number of amides is 2. The molecule has 2 aromatic carbocycles. The molecule has 4 aliphatic heterocycles. The van der Waals surface area contributed by atoms with Crippen molar-refractivity contribution in [3.63, 3.8) is 0 Å². The van der Waals surface area contributed by atoms with Crippen LogP contribution >= 0.6 is 7.14 Å². The third-order valence-electron chi connectivity index (χ3n) is 11.1. The van der Waals surface area contributed by atoms with E-state index in [4.69, 9.17) is 18.9 Å². The van der Waals surface area contributed by atoms with E-state index in [0.29, 0.717) is 80.0 Å². The first-order valence-electron chi connectivity index (χ1n) is 19.1. The number of carbonyl (C=O) groups excluding carboxylic acids is 2. The van der Waals surface area contributed by atoms with Gasteiger partial charge >= 0.3 is 0 Å². The lowest BCUT2D eigenvalue weighted by Crippen LogP contribution is -2.47. The Labute approximate surface area is 328 Å². The second-order valence-corrected chi connectivity index (χ2v) is 19.7. The average molecular weight is 817 g/mol. The van der Waals surface area contributed by atoms with Crippen LogP contribution < -0.4 is 29.6 Å². The molecule has 2 unspecified atom stereocenters. The molecule has 0 spiro atoms. The molecule has 0 saturated carbocycles. The summed E-state index contributed by atoms with van der Waals surface area (Å²) in [6.45, 7) is 5.63. The molecule has 15 nitrogen and oxygen atoms in total. The fraction of sp³-hybridized carbons (Fsp3) is 0.538. The molecule has 6 rings (SSSR count). The number of ether oxygens (including phenoxy) is 4. The van der Waals surface area contributed by atoms with Gasteiger partial charge in [0.05, 0.1) is 69.2 Å². The third-order valence-corrected chi connectivity index (χ3v) is 15.6. The van der Waals surface area contributed by atoms with Gasteiger partial charge in [-0.15, -0.1) is 0 Å². The monoisotopic (exact) mass is 816 g/mol. The maximum Gasteiger partial charge on any atom is 0.288 e. The molecular formula is C39H53N4O11PS. The number of aliphatic hydroxyl groups excluding tert-OH is 1. The summed E-state index contributed by atoms with van der Waals surface area (Å²) in [4.78, 5) is 30.5. The first kappa shape index (κ1) is 41.4. The number of rotatable bonds is 16. The van der Waals surface area contributed by atoms with Gasteiger partial charge in [-0.2, -0.15) is 8.42 Å². The van der Waals surface area contributed by atoms with Gasteiger partial charge in [-0.05, 0) is 58.1 Å². The lowest BCUT2D eigenvalue weighted by Gasteiger charge is -2.26. The summed E-state index contributed by atoms with van der Waals surface area (Å²) in [6, 6.07) is 5.78. The average Bonchev–Trinajstić information content (AvgIpc) is 3.76. The summed E-state index contributed by atoms with van der Waals surface area (Å²) in [6.07, 6.45) is 7.46. The molecule has 4 aliphatic rings. The van der Waals surface area contributed by atoms with E-state index in [0.717, 1.165) is 12.0 Å². The number of fused-ring (bicyclic) bond motifs is 4. The number of hydrogen-bond donors (Lipinski definition) is 4. The van der Waals surface area contributed by atoms with Crippen LogP contribution in [0.1, 0.15) is 66.7 Å². The SMILES string of the molecule is C/C=C1\C[C@H]2CNc3cc(OCCCP(=O)(CCCO)CCCOc4cc5c(cc4OC)C(=O)N4C/C(=C/C)C[C@H]4C(S(=O)(=O)O)N5)c(OC)cc3C(=O)N2C1. The lowest BCUT2D eigenvalue weighted by atomic mass is 10.1. The molecule has 2 saturated heterocycles. The fourth-order valence-electron chi connectivity index (χ4n) is 8.04.